The van der Waals surface area contributed by atoms with Crippen LogP contribution < -0.4 is 0 Å². The van der Waals surface area contributed by atoms with E-state index in [1.54, 1.807) is 21.3 Å². The molecule has 0 unspecified atom stereocenters. The van der Waals surface area contributed by atoms with Crippen molar-refractivity contribution in [1.29, 1.82) is 0 Å². The van der Waals surface area contributed by atoms with Crippen molar-refractivity contribution in [2.75, 3.05) is 41.2 Å². The first-order valence-corrected chi connectivity index (χ1v) is 22.4. The molecule has 0 bridgehead atoms. The summed E-state index contributed by atoms with van der Waals surface area (Å²) in [5.41, 5.74) is 0. The molecular weight excluding hydrogens is 573 g/mol. The fourth-order valence-electron chi connectivity index (χ4n) is 5.57. The van der Waals surface area contributed by atoms with E-state index in [1.165, 1.54) is 128 Å². The second-order valence-electron chi connectivity index (χ2n) is 11.8. The van der Waals surface area contributed by atoms with Crippen molar-refractivity contribution in [3.63, 3.8) is 0 Å². The van der Waals surface area contributed by atoms with Crippen LogP contribution in [0.1, 0.15) is 176 Å². The summed E-state index contributed by atoms with van der Waals surface area (Å²) in [6.45, 7) is 12.6. The Morgan fingerprint density at radius 3 is 0.767 bits per heavy atom. The first-order chi connectivity index (χ1) is 21.0. The fraction of sp³-hybridized carbons (Fsp3) is 1.00. The second-order valence-corrected chi connectivity index (χ2v) is 17.7. The molecule has 0 saturated carbocycles. The van der Waals surface area contributed by atoms with E-state index in [-0.39, 0.29) is 0 Å². The summed E-state index contributed by atoms with van der Waals surface area (Å²) >= 11 is 0. The van der Waals surface area contributed by atoms with Crippen molar-refractivity contribution < 1.29 is 26.6 Å². The molecule has 0 amide bonds. The van der Waals surface area contributed by atoms with Gasteiger partial charge >= 0.3 is 17.6 Å². The van der Waals surface area contributed by atoms with Gasteiger partial charge in [-0.1, -0.05) is 142 Å². The van der Waals surface area contributed by atoms with E-state index in [4.69, 9.17) is 26.6 Å². The smallest absolute Gasteiger partial charge is 0.377 e. The largest absolute Gasteiger partial charge is 0.500 e. The Bertz CT molecular complexity index is 497. The normalized spacial score (nSPS) is 12.0. The van der Waals surface area contributed by atoms with Gasteiger partial charge in [0.2, 0.25) is 0 Å². The van der Waals surface area contributed by atoms with Crippen LogP contribution in [0.25, 0.3) is 0 Å². The van der Waals surface area contributed by atoms with E-state index in [9.17, 15) is 0 Å². The first kappa shape index (κ1) is 45.3. The molecule has 0 rings (SSSR count). The zero-order valence-electron chi connectivity index (χ0n) is 30.5. The highest BCUT2D eigenvalue weighted by Crippen LogP contribution is 2.21. The average Bonchev–Trinajstić information content (AvgIpc) is 3.02. The molecule has 0 fully saturated rings. The van der Waals surface area contributed by atoms with E-state index in [2.05, 4.69) is 13.8 Å². The lowest BCUT2D eigenvalue weighted by molar-refractivity contribution is 0.0706. The molecule has 0 aliphatic rings. The van der Waals surface area contributed by atoms with E-state index in [0.29, 0.717) is 19.8 Å². The maximum absolute atomic E-state index is 5.83. The van der Waals surface area contributed by atoms with Crippen LogP contribution >= 0.6 is 0 Å². The summed E-state index contributed by atoms with van der Waals surface area (Å²) in [6, 6.07) is 1.91. The van der Waals surface area contributed by atoms with Gasteiger partial charge < -0.3 is 26.6 Å². The molecule has 8 heteroatoms. The van der Waals surface area contributed by atoms with Crippen molar-refractivity contribution in [2.45, 2.75) is 188 Å². The van der Waals surface area contributed by atoms with Crippen molar-refractivity contribution in [3.05, 3.63) is 0 Å². The van der Waals surface area contributed by atoms with Crippen LogP contribution in [-0.2, 0) is 26.6 Å². The maximum Gasteiger partial charge on any atom is 0.500 e. The zero-order chi connectivity index (χ0) is 32.3. The lowest BCUT2D eigenvalue weighted by Gasteiger charge is -2.28. The summed E-state index contributed by atoms with van der Waals surface area (Å²) in [6.07, 6.45) is 30.1. The van der Waals surface area contributed by atoms with Gasteiger partial charge in [-0.3, -0.25) is 0 Å². The van der Waals surface area contributed by atoms with Crippen molar-refractivity contribution >= 4 is 17.6 Å². The Morgan fingerprint density at radius 2 is 0.535 bits per heavy atom. The van der Waals surface area contributed by atoms with Crippen LogP contribution in [0, 0.1) is 0 Å². The third-order valence-electron chi connectivity index (χ3n) is 8.20. The van der Waals surface area contributed by atoms with Crippen molar-refractivity contribution in [1.82, 2.24) is 0 Å². The SMILES string of the molecule is CCCCCCCCCCCCCCCCCC[Si](OC)(OC)OC.CCCCCCCC[Si](OCC)(OCC)OCC. The lowest BCUT2D eigenvalue weighted by Crippen LogP contribution is -2.45. The van der Waals surface area contributed by atoms with Gasteiger partial charge in [0.15, 0.2) is 0 Å². The number of unbranched alkanes of at least 4 members (excludes halogenated alkanes) is 20. The summed E-state index contributed by atoms with van der Waals surface area (Å²) in [4.78, 5) is 0. The molecule has 262 valence electrons. The molecule has 0 aromatic carbocycles. The van der Waals surface area contributed by atoms with Gasteiger partial charge in [0.25, 0.3) is 0 Å². The lowest BCUT2D eigenvalue weighted by atomic mass is 10.0. The van der Waals surface area contributed by atoms with Gasteiger partial charge in [0.05, 0.1) is 0 Å². The van der Waals surface area contributed by atoms with Crippen LogP contribution in [0.5, 0.6) is 0 Å². The molecule has 0 aromatic heterocycles. The average molecular weight is 651 g/mol. The van der Waals surface area contributed by atoms with E-state index < -0.39 is 17.6 Å². The van der Waals surface area contributed by atoms with Gasteiger partial charge in [-0.15, -0.1) is 0 Å². The van der Waals surface area contributed by atoms with Gasteiger partial charge in [-0.2, -0.15) is 0 Å². The number of hydrogen-bond donors (Lipinski definition) is 0. The number of hydrogen-bond acceptors (Lipinski definition) is 6. The Balaban J connectivity index is 0. The van der Waals surface area contributed by atoms with Crippen molar-refractivity contribution in [3.8, 4) is 0 Å². The molecule has 0 aliphatic heterocycles. The fourth-order valence-corrected chi connectivity index (χ4v) is 10.0. The van der Waals surface area contributed by atoms with Gasteiger partial charge in [0.1, 0.15) is 0 Å². The standard InChI is InChI=1S/C21H46O3Si.C14H32O3Si/c1-5-6-7-8-9-10-11-12-13-14-15-16-17-18-19-20-21-25(22-2,23-3)24-4;1-5-9-10-11-12-13-14-18(15-6-2,16-7-3)17-8-4/h5-21H2,1-4H3;5-14H2,1-4H3. The van der Waals surface area contributed by atoms with Crippen LogP contribution in [0.2, 0.25) is 12.1 Å². The van der Waals surface area contributed by atoms with Gasteiger partial charge in [0, 0.05) is 53.2 Å². The quantitative estimate of drug-likeness (QED) is 0.0520. The zero-order valence-corrected chi connectivity index (χ0v) is 32.5. The molecule has 0 radical (unpaired) electrons. The third kappa shape index (κ3) is 28.2. The van der Waals surface area contributed by atoms with Crippen LogP contribution in [0.3, 0.4) is 0 Å². The predicted molar refractivity (Wildman–Crippen MR) is 190 cm³/mol. The molecule has 0 aliphatic carbocycles. The predicted octanol–water partition coefficient (Wildman–Crippen LogP) is 11.5. The molecule has 43 heavy (non-hydrogen) atoms. The maximum atomic E-state index is 5.83. The Morgan fingerprint density at radius 1 is 0.302 bits per heavy atom. The highest BCUT2D eigenvalue weighted by atomic mass is 28.4. The Kier molecular flexibility index (Phi) is 36.9. The minimum absolute atomic E-state index is 0.683. The topological polar surface area (TPSA) is 55.4 Å². The molecular formula is C35H78O6Si2. The highest BCUT2D eigenvalue weighted by molar-refractivity contribution is 6.61. The molecule has 6 nitrogen and oxygen atoms in total. The Labute approximate surface area is 272 Å². The molecule has 0 aromatic rings. The first-order valence-electron chi connectivity index (χ1n) is 18.6. The Hall–Kier alpha value is 0.194. The molecule has 0 spiro atoms. The van der Waals surface area contributed by atoms with Crippen LogP contribution in [-0.4, -0.2) is 58.8 Å². The van der Waals surface area contributed by atoms with Crippen LogP contribution in [0.15, 0.2) is 0 Å². The molecule has 0 heterocycles. The summed E-state index contributed by atoms with van der Waals surface area (Å²) in [7, 11) is 0.412. The highest BCUT2D eigenvalue weighted by Gasteiger charge is 2.39. The van der Waals surface area contributed by atoms with Crippen molar-refractivity contribution in [2.24, 2.45) is 0 Å². The van der Waals surface area contributed by atoms with Gasteiger partial charge in [-0.05, 0) is 33.6 Å². The monoisotopic (exact) mass is 651 g/mol. The summed E-state index contributed by atoms with van der Waals surface area (Å²) in [5, 5.41) is 0. The summed E-state index contributed by atoms with van der Waals surface area (Å²) in [5.74, 6) is 0. The van der Waals surface area contributed by atoms with E-state index in [1.807, 2.05) is 20.8 Å². The molecule has 0 N–H and O–H groups in total. The second kappa shape index (κ2) is 35.1. The third-order valence-corrected chi connectivity index (χ3v) is 14.2. The van der Waals surface area contributed by atoms with Gasteiger partial charge in [-0.25, -0.2) is 0 Å². The minimum atomic E-state index is -2.36. The van der Waals surface area contributed by atoms with E-state index >= 15 is 0 Å². The minimum Gasteiger partial charge on any atom is -0.377 e. The number of rotatable bonds is 33. The van der Waals surface area contributed by atoms with Crippen LogP contribution in [0.4, 0.5) is 0 Å². The molecule has 0 saturated heterocycles. The summed E-state index contributed by atoms with van der Waals surface area (Å²) < 4.78 is 33.9. The molecule has 0 atom stereocenters. The van der Waals surface area contributed by atoms with E-state index in [0.717, 1.165) is 24.9 Å².